The number of aliphatic hydroxyl groups is 1. The average molecular weight is 301 g/mol. The van der Waals surface area contributed by atoms with E-state index in [4.69, 9.17) is 27.9 Å². The van der Waals surface area contributed by atoms with Crippen molar-refractivity contribution in [1.82, 2.24) is 0 Å². The molecular weight excluding hydrogens is 290 g/mol. The molecule has 2 aromatic carbocycles. The maximum atomic E-state index is 13.8. The SMILES string of the molecule is C[C@@H](O)c1ccc(Oc2cc(Cl)cc(Cl)c2)c(F)c1. The summed E-state index contributed by atoms with van der Waals surface area (Å²) in [6.45, 7) is 1.56. The van der Waals surface area contributed by atoms with Gasteiger partial charge in [-0.2, -0.15) is 0 Å². The van der Waals surface area contributed by atoms with Gasteiger partial charge >= 0.3 is 0 Å². The van der Waals surface area contributed by atoms with Crippen molar-refractivity contribution in [3.05, 3.63) is 57.8 Å². The van der Waals surface area contributed by atoms with Gasteiger partial charge in [0.05, 0.1) is 6.10 Å². The van der Waals surface area contributed by atoms with E-state index in [-0.39, 0.29) is 5.75 Å². The van der Waals surface area contributed by atoms with Crippen LogP contribution in [0.1, 0.15) is 18.6 Å². The van der Waals surface area contributed by atoms with Crippen molar-refractivity contribution in [1.29, 1.82) is 0 Å². The van der Waals surface area contributed by atoms with Gasteiger partial charge < -0.3 is 9.84 Å². The van der Waals surface area contributed by atoms with Gasteiger partial charge in [-0.15, -0.1) is 0 Å². The van der Waals surface area contributed by atoms with Crippen LogP contribution in [0, 0.1) is 5.82 Å². The molecule has 2 aromatic rings. The summed E-state index contributed by atoms with van der Waals surface area (Å²) in [5.41, 5.74) is 0.481. The summed E-state index contributed by atoms with van der Waals surface area (Å²) in [5.74, 6) is -0.168. The highest BCUT2D eigenvalue weighted by molar-refractivity contribution is 6.34. The Morgan fingerprint density at radius 1 is 1.11 bits per heavy atom. The summed E-state index contributed by atoms with van der Waals surface area (Å²) < 4.78 is 19.2. The summed E-state index contributed by atoms with van der Waals surface area (Å²) in [4.78, 5) is 0. The van der Waals surface area contributed by atoms with Crippen LogP contribution >= 0.6 is 23.2 Å². The molecule has 0 fully saturated rings. The zero-order valence-corrected chi connectivity index (χ0v) is 11.5. The summed E-state index contributed by atoms with van der Waals surface area (Å²) in [6, 6.07) is 8.90. The lowest BCUT2D eigenvalue weighted by atomic mass is 10.1. The summed E-state index contributed by atoms with van der Waals surface area (Å²) in [5, 5.41) is 10.2. The zero-order valence-electron chi connectivity index (χ0n) is 10.0. The minimum absolute atomic E-state index is 0.0442. The molecule has 0 aliphatic heterocycles. The molecule has 0 aromatic heterocycles. The van der Waals surface area contributed by atoms with E-state index in [9.17, 15) is 9.50 Å². The second kappa shape index (κ2) is 5.78. The van der Waals surface area contributed by atoms with E-state index < -0.39 is 11.9 Å². The molecule has 2 rings (SSSR count). The molecule has 0 radical (unpaired) electrons. The normalized spacial score (nSPS) is 12.3. The number of hydrogen-bond acceptors (Lipinski definition) is 2. The van der Waals surface area contributed by atoms with Crippen molar-refractivity contribution in [2.24, 2.45) is 0 Å². The monoisotopic (exact) mass is 300 g/mol. The van der Waals surface area contributed by atoms with Crippen LogP contribution < -0.4 is 4.74 Å². The lowest BCUT2D eigenvalue weighted by Gasteiger charge is -2.10. The molecule has 0 unspecified atom stereocenters. The van der Waals surface area contributed by atoms with Gasteiger partial charge in [0.15, 0.2) is 11.6 Å². The fourth-order valence-corrected chi connectivity index (χ4v) is 2.08. The third-order valence-corrected chi connectivity index (χ3v) is 2.94. The number of ether oxygens (including phenoxy) is 1. The highest BCUT2D eigenvalue weighted by atomic mass is 35.5. The molecule has 0 heterocycles. The molecule has 0 aliphatic carbocycles. The fourth-order valence-electron chi connectivity index (χ4n) is 1.57. The third kappa shape index (κ3) is 3.60. The largest absolute Gasteiger partial charge is 0.454 e. The first-order valence-corrected chi connectivity index (χ1v) is 6.33. The molecule has 2 nitrogen and oxygen atoms in total. The molecule has 0 saturated carbocycles. The fraction of sp³-hybridized carbons (Fsp3) is 0.143. The lowest BCUT2D eigenvalue weighted by Crippen LogP contribution is -1.94. The minimum atomic E-state index is -0.732. The zero-order chi connectivity index (χ0) is 14.0. The molecule has 0 amide bonds. The van der Waals surface area contributed by atoms with Crippen molar-refractivity contribution in [3.8, 4) is 11.5 Å². The Bertz CT molecular complexity index is 580. The number of hydrogen-bond donors (Lipinski definition) is 1. The minimum Gasteiger partial charge on any atom is -0.454 e. The molecule has 0 bridgehead atoms. The van der Waals surface area contributed by atoms with Crippen LogP contribution in [0.15, 0.2) is 36.4 Å². The highest BCUT2D eigenvalue weighted by Gasteiger charge is 2.09. The first-order chi connectivity index (χ1) is 8.95. The molecule has 0 spiro atoms. The molecule has 1 N–H and O–H groups in total. The Hall–Kier alpha value is -1.29. The maximum Gasteiger partial charge on any atom is 0.166 e. The Morgan fingerprint density at radius 2 is 1.74 bits per heavy atom. The number of halogens is 3. The lowest BCUT2D eigenvalue weighted by molar-refractivity contribution is 0.198. The van der Waals surface area contributed by atoms with Gasteiger partial charge in [0, 0.05) is 10.0 Å². The smallest absolute Gasteiger partial charge is 0.166 e. The predicted molar refractivity (Wildman–Crippen MR) is 73.6 cm³/mol. The van der Waals surface area contributed by atoms with Gasteiger partial charge in [0.25, 0.3) is 0 Å². The predicted octanol–water partition coefficient (Wildman–Crippen LogP) is 4.98. The van der Waals surface area contributed by atoms with Crippen LogP contribution in [0.5, 0.6) is 11.5 Å². The van der Waals surface area contributed by atoms with Crippen molar-refractivity contribution in [2.45, 2.75) is 13.0 Å². The van der Waals surface area contributed by atoms with Gasteiger partial charge in [-0.25, -0.2) is 4.39 Å². The Morgan fingerprint density at radius 3 is 2.26 bits per heavy atom. The van der Waals surface area contributed by atoms with E-state index in [0.29, 0.717) is 21.4 Å². The van der Waals surface area contributed by atoms with Crippen LogP contribution in [0.3, 0.4) is 0 Å². The van der Waals surface area contributed by atoms with Crippen molar-refractivity contribution >= 4 is 23.2 Å². The molecule has 5 heteroatoms. The molecule has 100 valence electrons. The van der Waals surface area contributed by atoms with Gasteiger partial charge in [0.1, 0.15) is 5.75 Å². The van der Waals surface area contributed by atoms with Gasteiger partial charge in [-0.05, 0) is 42.8 Å². The van der Waals surface area contributed by atoms with E-state index in [1.54, 1.807) is 19.1 Å². The second-order valence-corrected chi connectivity index (χ2v) is 4.95. The number of rotatable bonds is 3. The average Bonchev–Trinajstić information content (AvgIpc) is 2.30. The molecule has 0 aliphatic rings. The van der Waals surface area contributed by atoms with Crippen LogP contribution in [0.2, 0.25) is 10.0 Å². The topological polar surface area (TPSA) is 29.5 Å². The number of benzene rings is 2. The Balaban J connectivity index is 2.28. The Labute approximate surface area is 120 Å². The van der Waals surface area contributed by atoms with E-state index in [0.717, 1.165) is 0 Å². The van der Waals surface area contributed by atoms with Gasteiger partial charge in [-0.1, -0.05) is 29.3 Å². The summed E-state index contributed by atoms with van der Waals surface area (Å²) >= 11 is 11.7. The van der Waals surface area contributed by atoms with E-state index >= 15 is 0 Å². The first-order valence-electron chi connectivity index (χ1n) is 5.57. The van der Waals surface area contributed by atoms with Gasteiger partial charge in [0.2, 0.25) is 0 Å². The van der Waals surface area contributed by atoms with Crippen molar-refractivity contribution in [3.63, 3.8) is 0 Å². The molecule has 19 heavy (non-hydrogen) atoms. The summed E-state index contributed by atoms with van der Waals surface area (Å²) in [6.07, 6.45) is -0.732. The van der Waals surface area contributed by atoms with E-state index in [1.807, 2.05) is 0 Å². The third-order valence-electron chi connectivity index (χ3n) is 2.50. The molecule has 1 atom stereocenters. The molecular formula is C14H11Cl2FO2. The van der Waals surface area contributed by atoms with Crippen molar-refractivity contribution < 1.29 is 14.2 Å². The van der Waals surface area contributed by atoms with Crippen LogP contribution in [0.4, 0.5) is 4.39 Å². The Kier molecular flexibility index (Phi) is 4.30. The highest BCUT2D eigenvalue weighted by Crippen LogP contribution is 2.30. The van der Waals surface area contributed by atoms with Crippen molar-refractivity contribution in [2.75, 3.05) is 0 Å². The quantitative estimate of drug-likeness (QED) is 0.866. The van der Waals surface area contributed by atoms with Crippen LogP contribution in [-0.4, -0.2) is 5.11 Å². The summed E-state index contributed by atoms with van der Waals surface area (Å²) in [7, 11) is 0. The van der Waals surface area contributed by atoms with Crippen LogP contribution in [0.25, 0.3) is 0 Å². The second-order valence-electron chi connectivity index (χ2n) is 4.07. The van der Waals surface area contributed by atoms with E-state index in [2.05, 4.69) is 0 Å². The van der Waals surface area contributed by atoms with Gasteiger partial charge in [-0.3, -0.25) is 0 Å². The molecule has 0 saturated heterocycles. The maximum absolute atomic E-state index is 13.8. The number of aliphatic hydroxyl groups excluding tert-OH is 1. The van der Waals surface area contributed by atoms with E-state index in [1.165, 1.54) is 24.3 Å². The van der Waals surface area contributed by atoms with Crippen LogP contribution in [-0.2, 0) is 0 Å². The standard InChI is InChI=1S/C14H11Cl2FO2/c1-8(18)9-2-3-14(13(17)4-9)19-12-6-10(15)5-11(16)7-12/h2-8,18H,1H3/t8-/m1/s1. The first kappa shape index (κ1) is 14.1.